The van der Waals surface area contributed by atoms with E-state index in [1.54, 1.807) is 18.2 Å². The van der Waals surface area contributed by atoms with Gasteiger partial charge in [0.1, 0.15) is 24.0 Å². The van der Waals surface area contributed by atoms with E-state index in [1.165, 1.54) is 37.8 Å². The lowest BCUT2D eigenvalue weighted by atomic mass is 9.64. The zero-order valence-electron chi connectivity index (χ0n) is 16.0. The van der Waals surface area contributed by atoms with Crippen molar-refractivity contribution >= 4 is 10.8 Å². The third-order valence-electron chi connectivity index (χ3n) is 6.68. The molecule has 2 unspecified atom stereocenters. The molecule has 4 atom stereocenters. The minimum Gasteiger partial charge on any atom is -0.489 e. The van der Waals surface area contributed by atoms with Crippen LogP contribution in [-0.2, 0) is 0 Å². The highest BCUT2D eigenvalue weighted by Gasteiger charge is 2.35. The van der Waals surface area contributed by atoms with E-state index in [1.807, 2.05) is 0 Å². The van der Waals surface area contributed by atoms with Gasteiger partial charge in [-0.15, -0.1) is 0 Å². The molecular weight excluding hydrogens is 342 g/mol. The molecule has 4 rings (SSSR count). The maximum Gasteiger partial charge on any atom is 0.134 e. The monoisotopic (exact) mass is 370 g/mol. The van der Waals surface area contributed by atoms with Crippen molar-refractivity contribution in [3.05, 3.63) is 54.1 Å². The molecule has 2 aromatic carbocycles. The Balaban J connectivity index is 1.61. The first-order chi connectivity index (χ1) is 13.0. The van der Waals surface area contributed by atoms with E-state index in [2.05, 4.69) is 13.5 Å². The topological polar surface area (TPSA) is 9.23 Å². The van der Waals surface area contributed by atoms with Crippen molar-refractivity contribution < 1.29 is 13.5 Å². The van der Waals surface area contributed by atoms with Gasteiger partial charge in [0.2, 0.25) is 0 Å². The molecule has 3 heteroatoms. The van der Waals surface area contributed by atoms with Crippen LogP contribution in [-0.4, -0.2) is 6.61 Å². The summed E-state index contributed by atoms with van der Waals surface area (Å²) in [4.78, 5) is 0. The summed E-state index contributed by atoms with van der Waals surface area (Å²) >= 11 is 0. The van der Waals surface area contributed by atoms with Crippen LogP contribution in [0.3, 0.4) is 0 Å². The smallest absolute Gasteiger partial charge is 0.134 e. The molecule has 0 heterocycles. The van der Waals surface area contributed by atoms with E-state index in [0.717, 1.165) is 24.7 Å². The van der Waals surface area contributed by atoms with Crippen LogP contribution in [0.5, 0.6) is 5.75 Å². The highest BCUT2D eigenvalue weighted by Crippen LogP contribution is 2.48. The normalized spacial score (nSPS) is 28.0. The molecule has 0 bridgehead atoms. The second-order valence-electron chi connectivity index (χ2n) is 8.55. The maximum atomic E-state index is 14.9. The fourth-order valence-corrected chi connectivity index (χ4v) is 5.29. The van der Waals surface area contributed by atoms with E-state index in [0.29, 0.717) is 34.6 Å². The molecule has 0 saturated heterocycles. The van der Waals surface area contributed by atoms with Gasteiger partial charge in [0.05, 0.1) is 0 Å². The summed E-state index contributed by atoms with van der Waals surface area (Å²) in [5.74, 6) is 2.38. The van der Waals surface area contributed by atoms with Crippen LogP contribution in [0, 0.1) is 29.4 Å². The predicted octanol–water partition coefficient (Wildman–Crippen LogP) is 7.00. The van der Waals surface area contributed by atoms with Gasteiger partial charge in [-0.2, -0.15) is 0 Å². The SMILES string of the molecule is C=CCOc1cc(F)c2cc([C@@H]3CC[C@@H]4CC(C)CCC4C3)c(F)cc2c1. The number of ether oxygens (including phenoxy) is 1. The van der Waals surface area contributed by atoms with E-state index in [4.69, 9.17) is 4.74 Å². The van der Waals surface area contributed by atoms with E-state index in [-0.39, 0.29) is 17.6 Å². The first kappa shape index (κ1) is 18.5. The number of rotatable bonds is 4. The summed E-state index contributed by atoms with van der Waals surface area (Å²) in [6.07, 6.45) is 8.70. The lowest BCUT2D eigenvalue weighted by Crippen LogP contribution is -2.29. The van der Waals surface area contributed by atoms with Gasteiger partial charge in [-0.05, 0) is 84.9 Å². The van der Waals surface area contributed by atoms with E-state index >= 15 is 0 Å². The minimum atomic E-state index is -0.354. The van der Waals surface area contributed by atoms with Crippen LogP contribution in [0.15, 0.2) is 36.9 Å². The lowest BCUT2D eigenvalue weighted by Gasteiger charge is -2.41. The van der Waals surface area contributed by atoms with Crippen molar-refractivity contribution in [1.29, 1.82) is 0 Å². The summed E-state index contributed by atoms with van der Waals surface area (Å²) in [5.41, 5.74) is 0.693. The molecular formula is C24H28F2O. The molecule has 2 fully saturated rings. The van der Waals surface area contributed by atoms with Crippen molar-refractivity contribution in [3.8, 4) is 5.75 Å². The molecule has 2 saturated carbocycles. The first-order valence-corrected chi connectivity index (χ1v) is 10.2. The van der Waals surface area contributed by atoms with Gasteiger partial charge in [0.15, 0.2) is 0 Å². The van der Waals surface area contributed by atoms with Crippen LogP contribution >= 0.6 is 0 Å². The molecule has 0 amide bonds. The van der Waals surface area contributed by atoms with Gasteiger partial charge in [-0.1, -0.05) is 26.0 Å². The fourth-order valence-electron chi connectivity index (χ4n) is 5.29. The van der Waals surface area contributed by atoms with Crippen LogP contribution < -0.4 is 4.74 Å². The molecule has 2 aliphatic carbocycles. The number of halogens is 2. The molecule has 2 aliphatic rings. The largest absolute Gasteiger partial charge is 0.489 e. The van der Waals surface area contributed by atoms with E-state index in [9.17, 15) is 8.78 Å². The van der Waals surface area contributed by atoms with Crippen LogP contribution in [0.4, 0.5) is 8.78 Å². The molecule has 0 radical (unpaired) electrons. The predicted molar refractivity (Wildman–Crippen MR) is 106 cm³/mol. The van der Waals surface area contributed by atoms with Crippen LogP contribution in [0.25, 0.3) is 10.8 Å². The average molecular weight is 370 g/mol. The Morgan fingerprint density at radius 2 is 1.78 bits per heavy atom. The second-order valence-corrected chi connectivity index (χ2v) is 8.55. The van der Waals surface area contributed by atoms with Gasteiger partial charge in [0.25, 0.3) is 0 Å². The molecule has 144 valence electrons. The zero-order chi connectivity index (χ0) is 19.0. The van der Waals surface area contributed by atoms with Crippen molar-refractivity contribution in [1.82, 2.24) is 0 Å². The van der Waals surface area contributed by atoms with Crippen LogP contribution in [0.2, 0.25) is 0 Å². The summed E-state index contributed by atoms with van der Waals surface area (Å²) in [7, 11) is 0. The lowest BCUT2D eigenvalue weighted by molar-refractivity contribution is 0.124. The van der Waals surface area contributed by atoms with Gasteiger partial charge in [0, 0.05) is 11.5 Å². The maximum absolute atomic E-state index is 14.9. The van der Waals surface area contributed by atoms with Crippen molar-refractivity contribution in [2.45, 2.75) is 51.4 Å². The third-order valence-corrected chi connectivity index (χ3v) is 6.68. The van der Waals surface area contributed by atoms with Gasteiger partial charge < -0.3 is 4.74 Å². The van der Waals surface area contributed by atoms with Crippen LogP contribution in [0.1, 0.15) is 56.9 Å². The Labute approximate surface area is 160 Å². The molecule has 2 aromatic rings. The van der Waals surface area contributed by atoms with Crippen molar-refractivity contribution in [2.75, 3.05) is 6.61 Å². The highest BCUT2D eigenvalue weighted by molar-refractivity contribution is 5.85. The van der Waals surface area contributed by atoms with Gasteiger partial charge in [-0.25, -0.2) is 8.78 Å². The minimum absolute atomic E-state index is 0.208. The Kier molecular flexibility index (Phi) is 5.21. The molecule has 0 aliphatic heterocycles. The van der Waals surface area contributed by atoms with Crippen molar-refractivity contribution in [2.24, 2.45) is 17.8 Å². The molecule has 0 spiro atoms. The summed E-state index contributed by atoms with van der Waals surface area (Å²) in [6, 6.07) is 6.30. The second kappa shape index (κ2) is 7.61. The fraction of sp³-hybridized carbons (Fsp3) is 0.500. The summed E-state index contributed by atoms with van der Waals surface area (Å²) in [5, 5.41) is 1.03. The number of hydrogen-bond acceptors (Lipinski definition) is 1. The first-order valence-electron chi connectivity index (χ1n) is 10.2. The zero-order valence-corrected chi connectivity index (χ0v) is 16.0. The number of fused-ring (bicyclic) bond motifs is 2. The molecule has 1 nitrogen and oxygen atoms in total. The summed E-state index contributed by atoms with van der Waals surface area (Å²) < 4.78 is 35.0. The number of benzene rings is 2. The van der Waals surface area contributed by atoms with E-state index < -0.39 is 0 Å². The number of hydrogen-bond donors (Lipinski definition) is 0. The molecule has 27 heavy (non-hydrogen) atoms. The Morgan fingerprint density at radius 1 is 1.00 bits per heavy atom. The summed E-state index contributed by atoms with van der Waals surface area (Å²) in [6.45, 7) is 6.24. The Hall–Kier alpha value is -1.90. The quantitative estimate of drug-likeness (QED) is 0.526. The average Bonchev–Trinajstić information content (AvgIpc) is 2.65. The van der Waals surface area contributed by atoms with Gasteiger partial charge >= 0.3 is 0 Å². The van der Waals surface area contributed by atoms with Crippen molar-refractivity contribution in [3.63, 3.8) is 0 Å². The Morgan fingerprint density at radius 3 is 2.59 bits per heavy atom. The standard InChI is InChI=1S/C24H28F2O/c1-3-8-27-20-11-19-12-23(25)21(14-22(19)24(26)13-20)18-7-6-16-9-15(2)4-5-17(16)10-18/h3,11-18H,1,4-10H2,2H3/t15?,16-,17?,18-/m1/s1. The third kappa shape index (κ3) is 3.74. The Bertz CT molecular complexity index is 844. The van der Waals surface area contributed by atoms with Gasteiger partial charge in [-0.3, -0.25) is 0 Å². The highest BCUT2D eigenvalue weighted by atomic mass is 19.1. The molecule has 0 N–H and O–H groups in total. The molecule has 0 aromatic heterocycles.